The lowest BCUT2D eigenvalue weighted by molar-refractivity contribution is -0.385. The largest absolute Gasteiger partial charge is 0.450 e. The zero-order valence-electron chi connectivity index (χ0n) is 25.5. The average Bonchev–Trinajstić information content (AvgIpc) is 2.94. The number of amides is 5. The number of ether oxygens (including phenoxy) is 2. The number of fused-ring (bicyclic) bond motifs is 10. The van der Waals surface area contributed by atoms with Gasteiger partial charge in [0.05, 0.1) is 11.3 Å². The van der Waals surface area contributed by atoms with Gasteiger partial charge in [0.15, 0.2) is 0 Å². The van der Waals surface area contributed by atoms with Crippen molar-refractivity contribution < 1.29 is 38.4 Å². The molecule has 2 aromatic carbocycles. The molecule has 0 radical (unpaired) electrons. The van der Waals surface area contributed by atoms with E-state index < -0.39 is 64.8 Å². The number of hydrogen-bond acceptors (Lipinski definition) is 9. The van der Waals surface area contributed by atoms with E-state index in [4.69, 9.17) is 15.2 Å². The maximum absolute atomic E-state index is 13.6. The summed E-state index contributed by atoms with van der Waals surface area (Å²) in [6.07, 6.45) is -1.11. The van der Waals surface area contributed by atoms with E-state index in [1.54, 1.807) is 45.0 Å². The molecule has 2 aliphatic heterocycles. The Morgan fingerprint density at radius 2 is 1.71 bits per heavy atom. The number of benzene rings is 2. The standard InChI is InChI=1S/C30H38N6O9/c1-5-12-32-26(38)20-13-17-6-9-19(10-7-17)44-24-15-18(8-11-23(24)36(42)43)14-21(35-29(41)45-30(2,3)4)27(39)34-22(16-25(31)37)28(40)33-20/h6-11,15,20-22H,5,12-14,16H2,1-4H3,(H2,31,37)(H,32,38)(H,33,40)(H,34,39)(H,35,41)/t20-,21-,22+/m0/s1. The Bertz CT molecular complexity index is 1440. The second-order valence-electron chi connectivity index (χ2n) is 11.5. The van der Waals surface area contributed by atoms with Gasteiger partial charge in [0, 0.05) is 25.5 Å². The second kappa shape index (κ2) is 15.0. The molecule has 0 fully saturated rings. The molecule has 0 spiro atoms. The topological polar surface area (TPSA) is 221 Å². The molecule has 4 rings (SSSR count). The Kier molecular flexibility index (Phi) is 11.4. The van der Waals surface area contributed by atoms with Gasteiger partial charge in [-0.15, -0.1) is 0 Å². The average molecular weight is 627 g/mol. The summed E-state index contributed by atoms with van der Waals surface area (Å²) in [6.45, 7) is 7.08. The van der Waals surface area contributed by atoms with Crippen molar-refractivity contribution in [1.29, 1.82) is 0 Å². The molecule has 2 aliphatic rings. The molecule has 3 atom stereocenters. The van der Waals surface area contributed by atoms with E-state index in [2.05, 4.69) is 21.3 Å². The number of carbonyl (C=O) groups excluding carboxylic acids is 5. The van der Waals surface area contributed by atoms with Crippen LogP contribution >= 0.6 is 0 Å². The molecule has 0 saturated carbocycles. The molecule has 0 unspecified atom stereocenters. The van der Waals surface area contributed by atoms with Crippen molar-refractivity contribution in [1.82, 2.24) is 21.3 Å². The second-order valence-corrected chi connectivity index (χ2v) is 11.5. The maximum Gasteiger partial charge on any atom is 0.408 e. The highest BCUT2D eigenvalue weighted by Crippen LogP contribution is 2.33. The van der Waals surface area contributed by atoms with Crippen molar-refractivity contribution in [3.05, 3.63) is 63.7 Å². The highest BCUT2D eigenvalue weighted by atomic mass is 16.6. The summed E-state index contributed by atoms with van der Waals surface area (Å²) < 4.78 is 11.2. The fourth-order valence-corrected chi connectivity index (χ4v) is 4.40. The molecule has 242 valence electrons. The number of nitrogens with zero attached hydrogens (tertiary/aromatic N) is 1. The van der Waals surface area contributed by atoms with Gasteiger partial charge in [0.25, 0.3) is 0 Å². The van der Waals surface area contributed by atoms with Crippen LogP contribution in [0.15, 0.2) is 42.5 Å². The molecule has 0 aromatic heterocycles. The lowest BCUT2D eigenvalue weighted by atomic mass is 10.0. The van der Waals surface area contributed by atoms with Crippen molar-refractivity contribution in [3.8, 4) is 11.5 Å². The van der Waals surface area contributed by atoms with Crippen LogP contribution < -0.4 is 31.7 Å². The Morgan fingerprint density at radius 3 is 2.31 bits per heavy atom. The summed E-state index contributed by atoms with van der Waals surface area (Å²) >= 11 is 0. The Morgan fingerprint density at radius 1 is 1.04 bits per heavy atom. The van der Waals surface area contributed by atoms with Gasteiger partial charge in [-0.25, -0.2) is 4.79 Å². The van der Waals surface area contributed by atoms with Crippen molar-refractivity contribution in [2.45, 2.75) is 77.1 Å². The molecule has 45 heavy (non-hydrogen) atoms. The summed E-state index contributed by atoms with van der Waals surface area (Å²) in [5.74, 6) is -3.00. The zero-order valence-corrected chi connectivity index (χ0v) is 25.5. The number of nitro groups is 1. The third-order valence-electron chi connectivity index (χ3n) is 6.48. The minimum Gasteiger partial charge on any atom is -0.450 e. The van der Waals surface area contributed by atoms with E-state index in [0.717, 1.165) is 0 Å². The van der Waals surface area contributed by atoms with Gasteiger partial charge in [-0.2, -0.15) is 0 Å². The Balaban J connectivity index is 2.10. The first-order chi connectivity index (χ1) is 21.1. The Labute approximate surface area is 259 Å². The van der Waals surface area contributed by atoms with Crippen LogP contribution in [-0.4, -0.2) is 64.9 Å². The maximum atomic E-state index is 13.6. The summed E-state index contributed by atoms with van der Waals surface area (Å²) in [4.78, 5) is 75.8. The van der Waals surface area contributed by atoms with E-state index in [1.807, 2.05) is 6.92 Å². The van der Waals surface area contributed by atoms with Crippen LogP contribution in [0.4, 0.5) is 10.5 Å². The predicted molar refractivity (Wildman–Crippen MR) is 161 cm³/mol. The number of alkyl carbamates (subject to hydrolysis) is 1. The fourth-order valence-electron chi connectivity index (χ4n) is 4.40. The van der Waals surface area contributed by atoms with Crippen LogP contribution in [0.3, 0.4) is 0 Å². The van der Waals surface area contributed by atoms with Gasteiger partial charge in [0.2, 0.25) is 29.4 Å². The number of nitrogens with two attached hydrogens (primary N) is 1. The third kappa shape index (κ3) is 10.5. The molecule has 2 aromatic rings. The summed E-state index contributed by atoms with van der Waals surface area (Å²) in [7, 11) is 0. The van der Waals surface area contributed by atoms with Gasteiger partial charge in [-0.1, -0.05) is 25.1 Å². The number of rotatable bonds is 7. The number of hydrogen-bond donors (Lipinski definition) is 5. The molecule has 6 N–H and O–H groups in total. The van der Waals surface area contributed by atoms with Gasteiger partial charge >= 0.3 is 11.8 Å². The van der Waals surface area contributed by atoms with E-state index >= 15 is 0 Å². The van der Waals surface area contributed by atoms with Gasteiger partial charge in [-0.05, 0) is 56.5 Å². The van der Waals surface area contributed by atoms with Crippen LogP contribution in [0.1, 0.15) is 51.7 Å². The summed E-state index contributed by atoms with van der Waals surface area (Å²) in [5, 5.41) is 22.0. The smallest absolute Gasteiger partial charge is 0.408 e. The van der Waals surface area contributed by atoms with Crippen molar-refractivity contribution >= 4 is 35.4 Å². The number of primary amides is 1. The summed E-state index contributed by atoms with van der Waals surface area (Å²) in [5.41, 5.74) is 5.11. The molecular weight excluding hydrogens is 588 g/mol. The van der Waals surface area contributed by atoms with E-state index in [-0.39, 0.29) is 30.0 Å². The van der Waals surface area contributed by atoms with Crippen molar-refractivity contribution in [3.63, 3.8) is 0 Å². The lowest BCUT2D eigenvalue weighted by Gasteiger charge is -2.26. The molecule has 4 bridgehead atoms. The minimum absolute atomic E-state index is 0.0251. The van der Waals surface area contributed by atoms with Gasteiger partial charge in [0.1, 0.15) is 29.5 Å². The quantitative estimate of drug-likeness (QED) is 0.223. The van der Waals surface area contributed by atoms with E-state index in [1.165, 1.54) is 18.2 Å². The van der Waals surface area contributed by atoms with Crippen LogP contribution in [0.2, 0.25) is 0 Å². The SMILES string of the molecule is CCCNC(=O)[C@@H]1Cc2ccc(cc2)Oc2cc(ccc2[N+](=O)[O-])C[C@H](NC(=O)OC(C)(C)C)C(=O)N[C@H](CC(N)=O)C(=O)N1. The molecule has 15 heteroatoms. The number of nitro benzene ring substituents is 1. The third-order valence-corrected chi connectivity index (χ3v) is 6.48. The lowest BCUT2D eigenvalue weighted by Crippen LogP contribution is -2.58. The predicted octanol–water partition coefficient (Wildman–Crippen LogP) is 1.75. The highest BCUT2D eigenvalue weighted by molar-refractivity contribution is 5.96. The highest BCUT2D eigenvalue weighted by Gasteiger charge is 2.32. The van der Waals surface area contributed by atoms with Gasteiger partial charge < -0.3 is 36.5 Å². The summed E-state index contributed by atoms with van der Waals surface area (Å²) in [6, 6.07) is 6.36. The molecule has 0 saturated heterocycles. The van der Waals surface area contributed by atoms with Gasteiger partial charge in [-0.3, -0.25) is 29.3 Å². The molecular formula is C30H38N6O9. The molecule has 15 nitrogen and oxygen atoms in total. The first kappa shape index (κ1) is 34.3. The zero-order chi connectivity index (χ0) is 33.3. The number of nitrogens with one attached hydrogen (secondary N) is 4. The number of carbonyl (C=O) groups is 5. The van der Waals surface area contributed by atoms with Crippen LogP contribution in [-0.2, 0) is 36.8 Å². The fraction of sp³-hybridized carbons (Fsp3) is 0.433. The first-order valence-electron chi connectivity index (χ1n) is 14.4. The van der Waals surface area contributed by atoms with E-state index in [0.29, 0.717) is 24.1 Å². The van der Waals surface area contributed by atoms with Crippen LogP contribution in [0.25, 0.3) is 0 Å². The van der Waals surface area contributed by atoms with Crippen molar-refractivity contribution in [2.24, 2.45) is 5.73 Å². The van der Waals surface area contributed by atoms with Crippen LogP contribution in [0.5, 0.6) is 11.5 Å². The minimum atomic E-state index is -1.51. The van der Waals surface area contributed by atoms with Crippen molar-refractivity contribution in [2.75, 3.05) is 6.54 Å². The molecule has 0 aliphatic carbocycles. The molecule has 5 amide bonds. The van der Waals surface area contributed by atoms with Crippen LogP contribution in [0, 0.1) is 10.1 Å². The molecule has 2 heterocycles. The normalized spacial score (nSPS) is 18.8. The monoisotopic (exact) mass is 626 g/mol. The van der Waals surface area contributed by atoms with E-state index in [9.17, 15) is 34.1 Å². The Hall–Kier alpha value is -5.21. The first-order valence-corrected chi connectivity index (χ1v) is 14.4.